The van der Waals surface area contributed by atoms with Crippen LogP contribution in [-0.2, 0) is 0 Å². The number of rotatable bonds is 7. The number of carbonyl (C=O) groups excluding carboxylic acids is 1. The van der Waals surface area contributed by atoms with E-state index in [1.165, 1.54) is 0 Å². The fourth-order valence-corrected chi connectivity index (χ4v) is 4.22. The SMILES string of the molecule is Cc1cc(-c2cnc3c(NCCC(F)(F)F)cc(-c4ccncc4)cn23)ccc1C(=O)NC1(C#N)CC1. The topological polar surface area (TPSA) is 95.1 Å². The van der Waals surface area contributed by atoms with Gasteiger partial charge in [-0.25, -0.2) is 4.98 Å². The van der Waals surface area contributed by atoms with Crippen molar-refractivity contribution in [2.45, 2.75) is 37.9 Å². The Hall–Kier alpha value is -4.39. The highest BCUT2D eigenvalue weighted by Gasteiger charge is 2.44. The fraction of sp³-hybridized carbons (Fsp3) is 0.259. The zero-order valence-electron chi connectivity index (χ0n) is 19.9. The number of pyridine rings is 2. The summed E-state index contributed by atoms with van der Waals surface area (Å²) in [5.41, 5.74) is 4.55. The minimum Gasteiger partial charge on any atom is -0.382 e. The average molecular weight is 505 g/mol. The molecule has 188 valence electrons. The summed E-state index contributed by atoms with van der Waals surface area (Å²) in [6.07, 6.45) is 2.88. The molecule has 3 aromatic heterocycles. The Morgan fingerprint density at radius 3 is 2.54 bits per heavy atom. The van der Waals surface area contributed by atoms with Crippen molar-refractivity contribution in [2.24, 2.45) is 0 Å². The van der Waals surface area contributed by atoms with Crippen LogP contribution >= 0.6 is 0 Å². The zero-order valence-corrected chi connectivity index (χ0v) is 19.9. The smallest absolute Gasteiger partial charge is 0.382 e. The maximum absolute atomic E-state index is 12.8. The Labute approximate surface area is 211 Å². The summed E-state index contributed by atoms with van der Waals surface area (Å²) in [4.78, 5) is 21.3. The molecule has 1 fully saturated rings. The first-order chi connectivity index (χ1) is 17.7. The van der Waals surface area contributed by atoms with Gasteiger partial charge in [-0.3, -0.25) is 14.2 Å². The predicted octanol–water partition coefficient (Wildman–Crippen LogP) is 5.52. The molecule has 0 atom stereocenters. The molecule has 1 saturated carbocycles. The third-order valence-corrected chi connectivity index (χ3v) is 6.43. The van der Waals surface area contributed by atoms with Gasteiger partial charge < -0.3 is 10.6 Å². The summed E-state index contributed by atoms with van der Waals surface area (Å²) in [7, 11) is 0. The van der Waals surface area contributed by atoms with Gasteiger partial charge >= 0.3 is 6.18 Å². The summed E-state index contributed by atoms with van der Waals surface area (Å²) in [5, 5.41) is 15.0. The van der Waals surface area contributed by atoms with Gasteiger partial charge in [0.2, 0.25) is 0 Å². The molecule has 1 amide bonds. The second kappa shape index (κ2) is 9.24. The lowest BCUT2D eigenvalue weighted by Gasteiger charge is -2.14. The number of amides is 1. The van der Waals surface area contributed by atoms with E-state index in [0.29, 0.717) is 29.7 Å². The lowest BCUT2D eigenvalue weighted by atomic mass is 10.0. The lowest BCUT2D eigenvalue weighted by molar-refractivity contribution is -0.131. The first kappa shape index (κ1) is 24.3. The van der Waals surface area contributed by atoms with Crippen LogP contribution in [0.1, 0.15) is 35.2 Å². The van der Waals surface area contributed by atoms with E-state index in [-0.39, 0.29) is 12.5 Å². The first-order valence-electron chi connectivity index (χ1n) is 11.7. The highest BCUT2D eigenvalue weighted by atomic mass is 19.4. The summed E-state index contributed by atoms with van der Waals surface area (Å²) in [5.74, 6) is -0.294. The molecule has 1 aliphatic rings. The van der Waals surface area contributed by atoms with E-state index in [0.717, 1.165) is 27.9 Å². The Kier molecular flexibility index (Phi) is 6.07. The number of aryl methyl sites for hydroxylation is 1. The van der Waals surface area contributed by atoms with Crippen molar-refractivity contribution in [1.82, 2.24) is 19.7 Å². The Bertz CT molecular complexity index is 1520. The van der Waals surface area contributed by atoms with Gasteiger partial charge in [-0.05, 0) is 61.2 Å². The molecule has 0 bridgehead atoms. The Morgan fingerprint density at radius 1 is 1.14 bits per heavy atom. The monoisotopic (exact) mass is 504 g/mol. The van der Waals surface area contributed by atoms with Gasteiger partial charge in [0, 0.05) is 41.8 Å². The lowest BCUT2D eigenvalue weighted by Crippen LogP contribution is -2.35. The van der Waals surface area contributed by atoms with E-state index >= 15 is 0 Å². The van der Waals surface area contributed by atoms with Crippen molar-refractivity contribution in [1.29, 1.82) is 5.26 Å². The van der Waals surface area contributed by atoms with E-state index in [1.807, 2.05) is 35.7 Å². The molecule has 37 heavy (non-hydrogen) atoms. The number of fused-ring (bicyclic) bond motifs is 1. The van der Waals surface area contributed by atoms with Gasteiger partial charge in [0.15, 0.2) is 5.65 Å². The van der Waals surface area contributed by atoms with Crippen molar-refractivity contribution < 1.29 is 18.0 Å². The van der Waals surface area contributed by atoms with E-state index in [2.05, 4.69) is 26.7 Å². The van der Waals surface area contributed by atoms with Crippen LogP contribution < -0.4 is 10.6 Å². The molecule has 0 radical (unpaired) electrons. The number of hydrogen-bond donors (Lipinski definition) is 2. The van der Waals surface area contributed by atoms with Crippen LogP contribution in [-0.4, -0.2) is 38.5 Å². The summed E-state index contributed by atoms with van der Waals surface area (Å²) >= 11 is 0. The summed E-state index contributed by atoms with van der Waals surface area (Å²) in [6.45, 7) is 1.54. The molecule has 10 heteroatoms. The van der Waals surface area contributed by atoms with E-state index in [1.54, 1.807) is 36.8 Å². The molecule has 0 spiro atoms. The van der Waals surface area contributed by atoms with Crippen LogP contribution in [0.5, 0.6) is 0 Å². The maximum atomic E-state index is 12.8. The van der Waals surface area contributed by atoms with Gasteiger partial charge in [-0.15, -0.1) is 0 Å². The molecule has 0 unspecified atom stereocenters. The number of anilines is 1. The van der Waals surface area contributed by atoms with Crippen molar-refractivity contribution in [3.8, 4) is 28.5 Å². The van der Waals surface area contributed by atoms with Crippen molar-refractivity contribution in [3.05, 3.63) is 72.3 Å². The number of imidazole rings is 1. The number of carbonyl (C=O) groups is 1. The number of alkyl halides is 3. The van der Waals surface area contributed by atoms with Crippen molar-refractivity contribution in [3.63, 3.8) is 0 Å². The Balaban J connectivity index is 1.52. The van der Waals surface area contributed by atoms with E-state index in [9.17, 15) is 23.2 Å². The molecule has 3 heterocycles. The van der Waals surface area contributed by atoms with Gasteiger partial charge in [0.05, 0.1) is 30.1 Å². The molecular formula is C27H23F3N6O. The molecule has 1 aliphatic carbocycles. The van der Waals surface area contributed by atoms with Crippen molar-refractivity contribution in [2.75, 3.05) is 11.9 Å². The van der Waals surface area contributed by atoms with Gasteiger partial charge in [-0.1, -0.05) is 6.07 Å². The minimum atomic E-state index is -4.27. The van der Waals surface area contributed by atoms with Crippen LogP contribution in [0.3, 0.4) is 0 Å². The fourth-order valence-electron chi connectivity index (χ4n) is 4.22. The van der Waals surface area contributed by atoms with Crippen LogP contribution in [0.2, 0.25) is 0 Å². The molecule has 7 nitrogen and oxygen atoms in total. The number of nitrogens with one attached hydrogen (secondary N) is 2. The standard InChI is InChI=1S/C27H23F3N6O/c1-17-12-19(2-3-21(17)25(37)35-26(16-31)6-7-26)23-14-34-24-22(33-11-8-27(28,29)30)13-20(15-36(23)24)18-4-9-32-10-5-18/h2-5,9-10,12-15,33H,6-8,11H2,1H3,(H,35,37). The number of aromatic nitrogens is 3. The number of nitrogens with zero attached hydrogens (tertiary/aromatic N) is 4. The highest BCUT2D eigenvalue weighted by molar-refractivity contribution is 5.97. The second-order valence-corrected chi connectivity index (χ2v) is 9.19. The van der Waals surface area contributed by atoms with Gasteiger partial charge in [0.25, 0.3) is 5.91 Å². The molecule has 2 N–H and O–H groups in total. The maximum Gasteiger partial charge on any atom is 0.390 e. The largest absolute Gasteiger partial charge is 0.390 e. The van der Waals surface area contributed by atoms with Gasteiger partial charge in [0.1, 0.15) is 5.54 Å². The van der Waals surface area contributed by atoms with Crippen LogP contribution in [0.4, 0.5) is 18.9 Å². The molecule has 1 aromatic carbocycles. The first-order valence-corrected chi connectivity index (χ1v) is 11.7. The number of nitriles is 1. The quantitative estimate of drug-likeness (QED) is 0.346. The van der Waals surface area contributed by atoms with Crippen molar-refractivity contribution >= 4 is 17.2 Å². The normalized spacial score (nSPS) is 14.2. The molecule has 5 rings (SSSR count). The molecular weight excluding hydrogens is 481 g/mol. The number of hydrogen-bond acceptors (Lipinski definition) is 5. The zero-order chi connectivity index (χ0) is 26.2. The van der Waals surface area contributed by atoms with E-state index < -0.39 is 18.1 Å². The highest BCUT2D eigenvalue weighted by Crippen LogP contribution is 2.35. The number of benzene rings is 1. The number of halogens is 3. The minimum absolute atomic E-state index is 0.283. The van der Waals surface area contributed by atoms with Crippen LogP contribution in [0.25, 0.3) is 28.0 Å². The summed E-state index contributed by atoms with van der Waals surface area (Å²) in [6, 6.07) is 12.9. The second-order valence-electron chi connectivity index (χ2n) is 9.19. The summed E-state index contributed by atoms with van der Waals surface area (Å²) < 4.78 is 40.1. The van der Waals surface area contributed by atoms with E-state index in [4.69, 9.17) is 0 Å². The molecule has 0 saturated heterocycles. The molecule has 4 aromatic rings. The third kappa shape index (κ3) is 5.11. The van der Waals surface area contributed by atoms with Gasteiger partial charge in [-0.2, -0.15) is 18.4 Å². The third-order valence-electron chi connectivity index (χ3n) is 6.43. The average Bonchev–Trinajstić information content (AvgIpc) is 3.51. The predicted molar refractivity (Wildman–Crippen MR) is 133 cm³/mol. The Morgan fingerprint density at radius 2 is 1.89 bits per heavy atom. The molecule has 0 aliphatic heterocycles. The van der Waals surface area contributed by atoms with Crippen LogP contribution in [0.15, 0.2) is 61.2 Å². The van der Waals surface area contributed by atoms with Crippen LogP contribution in [0, 0.1) is 18.3 Å².